The fourth-order valence-electron chi connectivity index (χ4n) is 8.12. The fraction of sp³-hybridized carbons (Fsp3) is 0.465. The summed E-state index contributed by atoms with van der Waals surface area (Å²) < 4.78 is 14.3. The molecular formula is C43H54ClN2O7P. The molecule has 11 heteroatoms. The average molecular weight is 777 g/mol. The maximum absolute atomic E-state index is 12.1. The van der Waals surface area contributed by atoms with Crippen LogP contribution in [0.5, 0.6) is 0 Å². The van der Waals surface area contributed by atoms with E-state index in [1.807, 2.05) is 13.8 Å². The highest BCUT2D eigenvalue weighted by Gasteiger charge is 2.45. The van der Waals surface area contributed by atoms with Gasteiger partial charge in [0, 0.05) is 70.6 Å². The van der Waals surface area contributed by atoms with Gasteiger partial charge in [-0.2, -0.15) is 4.58 Å². The van der Waals surface area contributed by atoms with E-state index in [9.17, 15) is 23.9 Å². The van der Waals surface area contributed by atoms with Crippen LogP contribution in [0, 0.1) is 6.92 Å². The minimum atomic E-state index is -4.71. The minimum Gasteiger partial charge on any atom is -0.775 e. The van der Waals surface area contributed by atoms with Gasteiger partial charge in [0.1, 0.15) is 6.54 Å². The average Bonchev–Trinajstić information content (AvgIpc) is 3.43. The fourth-order valence-corrected chi connectivity index (χ4v) is 8.99. The predicted octanol–water partition coefficient (Wildman–Crippen LogP) is 8.67. The Kier molecular flexibility index (Phi) is 13.0. The normalized spacial score (nSPS) is 20.3. The highest BCUT2D eigenvalue weighted by molar-refractivity contribution is 7.58. The van der Waals surface area contributed by atoms with Crippen molar-refractivity contribution in [3.05, 3.63) is 99.3 Å². The number of hydrogen-bond donors (Lipinski definition) is 3. The van der Waals surface area contributed by atoms with E-state index in [-0.39, 0.29) is 23.6 Å². The number of aliphatic carboxylic acids is 2. The molecule has 3 N–H and O–H groups in total. The molecule has 0 aromatic heterocycles. The van der Waals surface area contributed by atoms with Crippen molar-refractivity contribution in [3.8, 4) is 0 Å². The van der Waals surface area contributed by atoms with Gasteiger partial charge in [-0.05, 0) is 107 Å². The number of hydrogen-bond acceptors (Lipinski definition) is 5. The third-order valence-electron chi connectivity index (χ3n) is 11.1. The van der Waals surface area contributed by atoms with E-state index in [0.29, 0.717) is 19.4 Å². The molecule has 2 aliphatic heterocycles. The third-order valence-corrected chi connectivity index (χ3v) is 12.6. The summed E-state index contributed by atoms with van der Waals surface area (Å²) in [5, 5.41) is 18.8. The molecule has 2 aromatic carbocycles. The molecule has 3 aliphatic rings. The number of anilines is 1. The van der Waals surface area contributed by atoms with Gasteiger partial charge in [0.25, 0.3) is 0 Å². The highest BCUT2D eigenvalue weighted by Crippen LogP contribution is 2.49. The number of unbranched alkanes of at least 4 members (excludes halogenated alkanes) is 4. The Bertz CT molecular complexity index is 2000. The van der Waals surface area contributed by atoms with Gasteiger partial charge >= 0.3 is 11.9 Å². The summed E-state index contributed by atoms with van der Waals surface area (Å²) in [7, 11) is -4.71. The van der Waals surface area contributed by atoms with Crippen LogP contribution in [0.25, 0.3) is 0 Å². The number of carboxylic acid groups (broad SMARTS) is 2. The van der Waals surface area contributed by atoms with Crippen LogP contribution in [0.2, 0.25) is 0 Å². The zero-order valence-electron chi connectivity index (χ0n) is 32.2. The number of allylic oxidation sites excluding steroid dienone is 8. The van der Waals surface area contributed by atoms with Gasteiger partial charge in [0.05, 0.1) is 5.41 Å². The highest BCUT2D eigenvalue weighted by atomic mass is 35.5. The topological polar surface area (TPSA) is 141 Å². The first-order chi connectivity index (χ1) is 25.4. The van der Waals surface area contributed by atoms with Crippen LogP contribution >= 0.6 is 19.2 Å². The number of carbonyl (C=O) groups is 2. The first-order valence-corrected chi connectivity index (χ1v) is 21.0. The largest absolute Gasteiger partial charge is 0.775 e. The SMILES string of the molecule is Cc1ccc2c(c1)C(C)(C)/C(=C\C=C1/CCCC(/C=C/C3=[N+](CCCCCC(=O)O)c4ccc(P(=O)([O-])O)cc4C3(C)C)=C1Cl)N2CCCCCC(=O)O. The second-order valence-electron chi connectivity index (χ2n) is 15.9. The molecule has 5 rings (SSSR count). The van der Waals surface area contributed by atoms with E-state index >= 15 is 0 Å². The van der Waals surface area contributed by atoms with Gasteiger partial charge in [-0.1, -0.05) is 61.7 Å². The number of aryl methyl sites for hydroxylation is 1. The first-order valence-electron chi connectivity index (χ1n) is 19.1. The molecule has 0 amide bonds. The minimum absolute atomic E-state index is 0.118. The maximum atomic E-state index is 12.1. The van der Waals surface area contributed by atoms with Crippen LogP contribution in [0.15, 0.2) is 82.6 Å². The third kappa shape index (κ3) is 9.19. The number of carboxylic acids is 2. The summed E-state index contributed by atoms with van der Waals surface area (Å²) in [6.07, 6.45) is 15.9. The van der Waals surface area contributed by atoms with E-state index in [1.54, 1.807) is 12.1 Å². The van der Waals surface area contributed by atoms with Crippen LogP contribution in [-0.2, 0) is 25.0 Å². The van der Waals surface area contributed by atoms with Gasteiger partial charge < -0.3 is 29.5 Å². The van der Waals surface area contributed by atoms with Crippen molar-refractivity contribution in [2.24, 2.45) is 0 Å². The summed E-state index contributed by atoms with van der Waals surface area (Å²) in [5.41, 5.74) is 8.77. The lowest BCUT2D eigenvalue weighted by atomic mass is 9.81. The Labute approximate surface area is 324 Å². The van der Waals surface area contributed by atoms with Gasteiger partial charge in [-0.3, -0.25) is 9.59 Å². The lowest BCUT2D eigenvalue weighted by Crippen LogP contribution is -2.28. The number of rotatable bonds is 16. The second-order valence-corrected chi connectivity index (χ2v) is 17.8. The summed E-state index contributed by atoms with van der Waals surface area (Å²) in [6, 6.07) is 11.3. The molecule has 290 valence electrons. The molecule has 0 saturated carbocycles. The number of nitrogens with zero attached hydrogens (tertiary/aromatic N) is 2. The summed E-state index contributed by atoms with van der Waals surface area (Å²) in [6.45, 7) is 12.1. The summed E-state index contributed by atoms with van der Waals surface area (Å²) in [4.78, 5) is 46.5. The molecule has 54 heavy (non-hydrogen) atoms. The second kappa shape index (κ2) is 16.9. The molecule has 0 radical (unpaired) electrons. The van der Waals surface area contributed by atoms with Crippen molar-refractivity contribution in [1.82, 2.24) is 0 Å². The molecular weight excluding hydrogens is 723 g/mol. The molecule has 0 spiro atoms. The zero-order chi connectivity index (χ0) is 39.4. The molecule has 9 nitrogen and oxygen atoms in total. The number of fused-ring (bicyclic) bond motifs is 2. The Hall–Kier alpha value is -3.75. The molecule has 1 aliphatic carbocycles. The van der Waals surface area contributed by atoms with Crippen molar-refractivity contribution < 1.29 is 38.7 Å². The molecule has 1 atom stereocenters. The lowest BCUT2D eigenvalue weighted by molar-refractivity contribution is -0.438. The monoisotopic (exact) mass is 776 g/mol. The van der Waals surface area contributed by atoms with Crippen molar-refractivity contribution in [2.45, 2.75) is 116 Å². The van der Waals surface area contributed by atoms with E-state index in [2.05, 4.69) is 72.7 Å². The molecule has 0 fully saturated rings. The van der Waals surface area contributed by atoms with E-state index < -0.39 is 24.9 Å². The van der Waals surface area contributed by atoms with Crippen LogP contribution in [-0.4, -0.2) is 50.4 Å². The first kappa shape index (κ1) is 41.4. The van der Waals surface area contributed by atoms with Crippen molar-refractivity contribution >= 4 is 53.5 Å². The smallest absolute Gasteiger partial charge is 0.303 e. The van der Waals surface area contributed by atoms with E-state index in [4.69, 9.17) is 21.8 Å². The number of benzene rings is 2. The Morgan fingerprint density at radius 2 is 1.57 bits per heavy atom. The Balaban J connectivity index is 1.46. The maximum Gasteiger partial charge on any atom is 0.303 e. The molecule has 0 saturated heterocycles. The summed E-state index contributed by atoms with van der Waals surface area (Å²) >= 11 is 7.20. The van der Waals surface area contributed by atoms with Crippen LogP contribution in [0.4, 0.5) is 11.4 Å². The van der Waals surface area contributed by atoms with Crippen LogP contribution < -0.4 is 15.1 Å². The summed E-state index contributed by atoms with van der Waals surface area (Å²) in [5.74, 6) is -1.57. The van der Waals surface area contributed by atoms with Gasteiger partial charge in [0.2, 0.25) is 5.69 Å². The number of halogens is 1. The van der Waals surface area contributed by atoms with Gasteiger partial charge in [-0.25, -0.2) is 0 Å². The van der Waals surface area contributed by atoms with Crippen LogP contribution in [0.1, 0.15) is 115 Å². The molecule has 1 unspecified atom stereocenters. The standard InChI is InChI=1S/C43H54ClN2O7P/c1-29-17-21-35-33(27-29)42(2,3)37(45(35)25-10-6-8-15-39(47)48)23-18-30-13-12-14-31(41(30)44)19-24-38-43(4,5)34-28-32(54(51,52)53)20-22-36(34)46(38)26-11-7-9-16-40(49)50/h17-24,27-28H,6-16,25-26H2,1-5H3,(H3-,47,48,49,50,51,52,53). The van der Waals surface area contributed by atoms with Crippen molar-refractivity contribution in [2.75, 3.05) is 18.0 Å². The molecule has 0 bridgehead atoms. The van der Waals surface area contributed by atoms with Gasteiger partial charge in [0.15, 0.2) is 13.3 Å². The predicted molar refractivity (Wildman–Crippen MR) is 215 cm³/mol. The lowest BCUT2D eigenvalue weighted by Gasteiger charge is -2.27. The van der Waals surface area contributed by atoms with Crippen LogP contribution in [0.3, 0.4) is 0 Å². The van der Waals surface area contributed by atoms with Crippen molar-refractivity contribution in [1.29, 1.82) is 0 Å². The van der Waals surface area contributed by atoms with Crippen molar-refractivity contribution in [3.63, 3.8) is 0 Å². The van der Waals surface area contributed by atoms with E-state index in [0.717, 1.165) is 84.6 Å². The van der Waals surface area contributed by atoms with E-state index in [1.165, 1.54) is 28.6 Å². The zero-order valence-corrected chi connectivity index (χ0v) is 33.8. The Morgan fingerprint density at radius 3 is 2.24 bits per heavy atom. The quantitative estimate of drug-likeness (QED) is 0.0874. The van der Waals surface area contributed by atoms with Gasteiger partial charge in [-0.15, -0.1) is 0 Å². The Morgan fingerprint density at radius 1 is 0.889 bits per heavy atom. The molecule has 2 heterocycles. The molecule has 2 aromatic rings.